The molecule has 0 saturated heterocycles. The molecular weight excluding hydrogens is 456 g/mol. The molecule has 1 aromatic carbocycles. The first-order chi connectivity index (χ1) is 16.3. The zero-order chi connectivity index (χ0) is 25.9. The maximum atomic E-state index is 13.0. The molecule has 0 bridgehead atoms. The summed E-state index contributed by atoms with van der Waals surface area (Å²) in [4.78, 5) is 53.3. The van der Waals surface area contributed by atoms with E-state index in [0.29, 0.717) is 5.56 Å². The number of rotatable bonds is 8. The van der Waals surface area contributed by atoms with Gasteiger partial charge in [-0.3, -0.25) is 24.3 Å². The van der Waals surface area contributed by atoms with Gasteiger partial charge in [0.15, 0.2) is 5.82 Å². The minimum atomic E-state index is -1.22. The largest absolute Gasteiger partial charge is 0.480 e. The summed E-state index contributed by atoms with van der Waals surface area (Å²) in [6.07, 6.45) is 2.11. The predicted octanol–water partition coefficient (Wildman–Crippen LogP) is 3.48. The van der Waals surface area contributed by atoms with Crippen molar-refractivity contribution < 1.29 is 29.0 Å². The fourth-order valence-corrected chi connectivity index (χ4v) is 3.20. The lowest BCUT2D eigenvalue weighted by atomic mass is 10.1. The van der Waals surface area contributed by atoms with Crippen LogP contribution in [0.1, 0.15) is 47.5 Å². The summed E-state index contributed by atoms with van der Waals surface area (Å²) in [7, 11) is 0. The summed E-state index contributed by atoms with van der Waals surface area (Å²) in [5, 5.41) is 14.9. The SMILES string of the molecule is CC(C)Nc1ncc(-c2cc(NC(=O)OC(C)(C)C)cc(OC(=O)C3CC3)c2)n(CC(=O)O)c1=O. The number of aromatic nitrogens is 2. The highest BCUT2D eigenvalue weighted by atomic mass is 16.6. The van der Waals surface area contributed by atoms with Crippen molar-refractivity contribution in [2.45, 2.75) is 65.6 Å². The fourth-order valence-electron chi connectivity index (χ4n) is 3.20. The lowest BCUT2D eigenvalue weighted by molar-refractivity contribution is -0.138. The molecule has 0 spiro atoms. The zero-order valence-electron chi connectivity index (χ0n) is 20.4. The van der Waals surface area contributed by atoms with Crippen LogP contribution in [0.5, 0.6) is 5.75 Å². The summed E-state index contributed by atoms with van der Waals surface area (Å²) in [5.74, 6) is -1.66. The molecule has 35 heavy (non-hydrogen) atoms. The Bertz CT molecular complexity index is 1190. The molecule has 3 rings (SSSR count). The van der Waals surface area contributed by atoms with Crippen LogP contribution in [0.25, 0.3) is 11.3 Å². The van der Waals surface area contributed by atoms with E-state index in [9.17, 15) is 24.3 Å². The third kappa shape index (κ3) is 7.29. The lowest BCUT2D eigenvalue weighted by Gasteiger charge is -2.20. The molecule has 1 aliphatic carbocycles. The first-order valence-corrected chi connectivity index (χ1v) is 11.3. The van der Waals surface area contributed by atoms with Gasteiger partial charge in [0.1, 0.15) is 17.9 Å². The summed E-state index contributed by atoms with van der Waals surface area (Å²) >= 11 is 0. The molecule has 11 heteroatoms. The number of nitrogens with zero attached hydrogens (tertiary/aromatic N) is 2. The predicted molar refractivity (Wildman–Crippen MR) is 129 cm³/mol. The summed E-state index contributed by atoms with van der Waals surface area (Å²) in [6, 6.07) is 4.36. The van der Waals surface area contributed by atoms with Crippen LogP contribution in [0, 0.1) is 5.92 Å². The number of ether oxygens (including phenoxy) is 2. The highest BCUT2D eigenvalue weighted by Gasteiger charge is 2.32. The van der Waals surface area contributed by atoms with Crippen molar-refractivity contribution in [3.05, 3.63) is 34.7 Å². The van der Waals surface area contributed by atoms with Gasteiger partial charge in [-0.1, -0.05) is 0 Å². The van der Waals surface area contributed by atoms with Crippen molar-refractivity contribution in [2.75, 3.05) is 10.6 Å². The Morgan fingerprint density at radius 1 is 1.20 bits per heavy atom. The molecule has 1 saturated carbocycles. The number of aliphatic carboxylic acids is 1. The number of benzene rings is 1. The molecule has 188 valence electrons. The number of nitrogens with one attached hydrogen (secondary N) is 2. The standard InChI is InChI=1S/C24H30N4O7/c1-13(2)26-20-21(31)28(12-19(29)30)18(11-25-20)15-8-16(27-23(33)35-24(3,4)5)10-17(9-15)34-22(32)14-6-7-14/h8-11,13-14H,6-7,12H2,1-5H3,(H,25,26)(H,27,33)(H,29,30). The number of anilines is 2. The molecule has 0 aliphatic heterocycles. The first-order valence-electron chi connectivity index (χ1n) is 11.3. The van der Waals surface area contributed by atoms with Crippen molar-refractivity contribution in [3.8, 4) is 17.0 Å². The molecule has 0 unspecified atom stereocenters. The van der Waals surface area contributed by atoms with Gasteiger partial charge in [0.25, 0.3) is 5.56 Å². The second-order valence-electron chi connectivity index (χ2n) is 9.64. The van der Waals surface area contributed by atoms with E-state index in [2.05, 4.69) is 15.6 Å². The number of esters is 1. The molecular formula is C24H30N4O7. The number of carboxylic acid groups (broad SMARTS) is 1. The van der Waals surface area contributed by atoms with Crippen molar-refractivity contribution in [1.29, 1.82) is 0 Å². The molecule has 1 fully saturated rings. The molecule has 3 N–H and O–H groups in total. The summed E-state index contributed by atoms with van der Waals surface area (Å²) in [5.41, 5.74) is -0.647. The maximum Gasteiger partial charge on any atom is 0.412 e. The van der Waals surface area contributed by atoms with Crippen molar-refractivity contribution in [2.24, 2.45) is 5.92 Å². The Balaban J connectivity index is 2.08. The number of hydrogen-bond donors (Lipinski definition) is 3. The Morgan fingerprint density at radius 2 is 1.89 bits per heavy atom. The highest BCUT2D eigenvalue weighted by molar-refractivity contribution is 5.87. The van der Waals surface area contributed by atoms with Gasteiger partial charge >= 0.3 is 18.0 Å². The van der Waals surface area contributed by atoms with Crippen LogP contribution in [0.2, 0.25) is 0 Å². The van der Waals surface area contributed by atoms with Gasteiger partial charge in [0, 0.05) is 23.4 Å². The minimum Gasteiger partial charge on any atom is -0.480 e. The second kappa shape index (κ2) is 10.2. The molecule has 1 aromatic heterocycles. The van der Waals surface area contributed by atoms with E-state index in [1.807, 2.05) is 13.8 Å². The Labute approximate surface area is 202 Å². The van der Waals surface area contributed by atoms with E-state index in [4.69, 9.17) is 9.47 Å². The van der Waals surface area contributed by atoms with Crippen LogP contribution < -0.4 is 20.9 Å². The van der Waals surface area contributed by atoms with Gasteiger partial charge in [-0.2, -0.15) is 0 Å². The van der Waals surface area contributed by atoms with E-state index in [1.54, 1.807) is 20.8 Å². The number of carbonyl (C=O) groups excluding carboxylic acids is 2. The average molecular weight is 487 g/mol. The normalized spacial score (nSPS) is 13.3. The van der Waals surface area contributed by atoms with Gasteiger partial charge < -0.3 is 19.9 Å². The molecule has 1 aliphatic rings. The second-order valence-corrected chi connectivity index (χ2v) is 9.64. The molecule has 2 aromatic rings. The van der Waals surface area contributed by atoms with Crippen LogP contribution in [0.3, 0.4) is 0 Å². The first kappa shape index (κ1) is 25.7. The lowest BCUT2D eigenvalue weighted by Crippen LogP contribution is -2.30. The van der Waals surface area contributed by atoms with Gasteiger partial charge in [-0.15, -0.1) is 0 Å². The molecule has 0 radical (unpaired) electrons. The van der Waals surface area contributed by atoms with Crippen LogP contribution in [-0.2, 0) is 20.9 Å². The topological polar surface area (TPSA) is 149 Å². The third-order valence-electron chi connectivity index (χ3n) is 4.75. The summed E-state index contributed by atoms with van der Waals surface area (Å²) < 4.78 is 11.8. The molecule has 0 atom stereocenters. The summed E-state index contributed by atoms with van der Waals surface area (Å²) in [6.45, 7) is 8.18. The van der Waals surface area contributed by atoms with Gasteiger partial charge in [0.05, 0.1) is 17.8 Å². The van der Waals surface area contributed by atoms with E-state index in [1.165, 1.54) is 24.4 Å². The van der Waals surface area contributed by atoms with Gasteiger partial charge in [-0.05, 0) is 59.6 Å². The van der Waals surface area contributed by atoms with E-state index < -0.39 is 35.7 Å². The average Bonchev–Trinajstić information content (AvgIpc) is 3.54. The van der Waals surface area contributed by atoms with Crippen molar-refractivity contribution in [1.82, 2.24) is 9.55 Å². The Morgan fingerprint density at radius 3 is 2.46 bits per heavy atom. The van der Waals surface area contributed by atoms with E-state index >= 15 is 0 Å². The monoisotopic (exact) mass is 486 g/mol. The van der Waals surface area contributed by atoms with Crippen molar-refractivity contribution in [3.63, 3.8) is 0 Å². The van der Waals surface area contributed by atoms with Crippen LogP contribution in [0.15, 0.2) is 29.2 Å². The van der Waals surface area contributed by atoms with Crippen LogP contribution in [0.4, 0.5) is 16.3 Å². The minimum absolute atomic E-state index is 0.00780. The number of carbonyl (C=O) groups is 3. The Kier molecular flexibility index (Phi) is 7.47. The van der Waals surface area contributed by atoms with E-state index in [-0.39, 0.29) is 34.9 Å². The molecule has 1 heterocycles. The number of amides is 1. The van der Waals surface area contributed by atoms with E-state index in [0.717, 1.165) is 17.4 Å². The fraction of sp³-hybridized carbons (Fsp3) is 0.458. The molecule has 11 nitrogen and oxygen atoms in total. The van der Waals surface area contributed by atoms with Crippen LogP contribution >= 0.6 is 0 Å². The Hall–Kier alpha value is -3.89. The van der Waals surface area contributed by atoms with Gasteiger partial charge in [-0.25, -0.2) is 9.78 Å². The van der Waals surface area contributed by atoms with Crippen LogP contribution in [-0.4, -0.2) is 44.3 Å². The molecule has 1 amide bonds. The maximum absolute atomic E-state index is 13.0. The third-order valence-corrected chi connectivity index (χ3v) is 4.75. The van der Waals surface area contributed by atoms with Crippen molar-refractivity contribution >= 4 is 29.5 Å². The van der Waals surface area contributed by atoms with Gasteiger partial charge in [0.2, 0.25) is 0 Å². The number of carboxylic acids is 1. The highest BCUT2D eigenvalue weighted by Crippen LogP contribution is 2.33. The smallest absolute Gasteiger partial charge is 0.412 e. The zero-order valence-corrected chi connectivity index (χ0v) is 20.4. The quantitative estimate of drug-likeness (QED) is 0.376. The number of hydrogen-bond acceptors (Lipinski definition) is 8.